The van der Waals surface area contributed by atoms with E-state index in [1.54, 1.807) is 18.2 Å². The molecule has 20 heavy (non-hydrogen) atoms. The molecule has 112 valence electrons. The highest BCUT2D eigenvalue weighted by Crippen LogP contribution is 2.09. The number of carboxylic acid groups (broad SMARTS) is 1. The van der Waals surface area contributed by atoms with Gasteiger partial charge in [-0.15, -0.1) is 0 Å². The van der Waals surface area contributed by atoms with Crippen LogP contribution in [0.4, 0.5) is 0 Å². The van der Waals surface area contributed by atoms with Crippen molar-refractivity contribution in [2.24, 2.45) is 5.92 Å². The summed E-state index contributed by atoms with van der Waals surface area (Å²) in [6.45, 7) is 6.28. The molecule has 0 spiro atoms. The molecule has 0 bridgehead atoms. The maximum Gasteiger partial charge on any atom is 0.335 e. The number of hydrogen-bond donors (Lipinski definition) is 2. The third kappa shape index (κ3) is 7.29. The lowest BCUT2D eigenvalue weighted by atomic mass is 10.0. The summed E-state index contributed by atoms with van der Waals surface area (Å²) in [6, 6.07) is 7.12. The maximum atomic E-state index is 10.9. The van der Waals surface area contributed by atoms with Gasteiger partial charge in [-0.25, -0.2) is 4.79 Å². The normalized spacial score (nSPS) is 10.9. The van der Waals surface area contributed by atoms with Crippen LogP contribution in [0.25, 0.3) is 0 Å². The molecule has 1 aromatic rings. The van der Waals surface area contributed by atoms with E-state index in [1.165, 1.54) is 32.1 Å². The molecule has 0 aromatic heterocycles. The topological polar surface area (TPSA) is 49.3 Å². The standard InChI is InChI=1S/C17H27NO2/c1-14(2)8-5-3-4-6-11-18-13-15-9-7-10-16(12-15)17(19)20/h7,9-10,12,14,18H,3-6,8,11,13H2,1-2H3,(H,19,20). The van der Waals surface area contributed by atoms with E-state index < -0.39 is 5.97 Å². The highest BCUT2D eigenvalue weighted by molar-refractivity contribution is 5.87. The number of hydrogen-bond acceptors (Lipinski definition) is 2. The van der Waals surface area contributed by atoms with Gasteiger partial charge in [0.1, 0.15) is 0 Å². The van der Waals surface area contributed by atoms with E-state index in [2.05, 4.69) is 19.2 Å². The van der Waals surface area contributed by atoms with Crippen LogP contribution in [0.1, 0.15) is 61.9 Å². The molecule has 0 aliphatic rings. The van der Waals surface area contributed by atoms with Gasteiger partial charge < -0.3 is 10.4 Å². The summed E-state index contributed by atoms with van der Waals surface area (Å²) in [5.41, 5.74) is 1.39. The molecule has 0 atom stereocenters. The minimum atomic E-state index is -0.864. The van der Waals surface area contributed by atoms with Crippen LogP contribution >= 0.6 is 0 Å². The van der Waals surface area contributed by atoms with Crippen molar-refractivity contribution in [2.75, 3.05) is 6.54 Å². The van der Waals surface area contributed by atoms with Gasteiger partial charge in [-0.2, -0.15) is 0 Å². The first-order valence-corrected chi connectivity index (χ1v) is 7.62. The predicted molar refractivity (Wildman–Crippen MR) is 83.0 cm³/mol. The fraction of sp³-hybridized carbons (Fsp3) is 0.588. The van der Waals surface area contributed by atoms with Crippen LogP contribution in [0.15, 0.2) is 24.3 Å². The van der Waals surface area contributed by atoms with Crippen molar-refractivity contribution in [1.82, 2.24) is 5.32 Å². The van der Waals surface area contributed by atoms with E-state index in [9.17, 15) is 4.79 Å². The average Bonchev–Trinajstić information content (AvgIpc) is 2.41. The van der Waals surface area contributed by atoms with Gasteiger partial charge in [0.25, 0.3) is 0 Å². The van der Waals surface area contributed by atoms with E-state index in [-0.39, 0.29) is 0 Å². The zero-order chi connectivity index (χ0) is 14.8. The summed E-state index contributed by atoms with van der Waals surface area (Å²) < 4.78 is 0. The molecule has 3 nitrogen and oxygen atoms in total. The van der Waals surface area contributed by atoms with Gasteiger partial charge in [-0.05, 0) is 36.6 Å². The Kier molecular flexibility index (Phi) is 7.97. The summed E-state index contributed by atoms with van der Waals surface area (Å²) >= 11 is 0. The van der Waals surface area contributed by atoms with Gasteiger partial charge in [0.05, 0.1) is 5.56 Å². The molecule has 0 saturated carbocycles. The summed E-state index contributed by atoms with van der Waals surface area (Å²) in [7, 11) is 0. The maximum absolute atomic E-state index is 10.9. The van der Waals surface area contributed by atoms with E-state index in [0.717, 1.165) is 24.6 Å². The van der Waals surface area contributed by atoms with Gasteiger partial charge in [0, 0.05) is 6.54 Å². The van der Waals surface area contributed by atoms with E-state index in [4.69, 9.17) is 5.11 Å². The van der Waals surface area contributed by atoms with Crippen molar-refractivity contribution < 1.29 is 9.90 Å². The zero-order valence-electron chi connectivity index (χ0n) is 12.7. The SMILES string of the molecule is CC(C)CCCCCCNCc1cccc(C(=O)O)c1. The van der Waals surface area contributed by atoms with Crippen molar-refractivity contribution in [3.8, 4) is 0 Å². The van der Waals surface area contributed by atoms with E-state index in [0.29, 0.717) is 5.56 Å². The number of carbonyl (C=O) groups is 1. The predicted octanol–water partition coefficient (Wildman–Crippen LogP) is 4.08. The molecule has 0 unspecified atom stereocenters. The van der Waals surface area contributed by atoms with Gasteiger partial charge in [-0.3, -0.25) is 0 Å². The van der Waals surface area contributed by atoms with Crippen LogP contribution in [0.2, 0.25) is 0 Å². The summed E-state index contributed by atoms with van der Waals surface area (Å²) in [6.07, 6.45) is 6.44. The number of carboxylic acids is 1. The van der Waals surface area contributed by atoms with Crippen LogP contribution in [0.5, 0.6) is 0 Å². The van der Waals surface area contributed by atoms with Crippen molar-refractivity contribution in [2.45, 2.75) is 52.5 Å². The van der Waals surface area contributed by atoms with Gasteiger partial charge in [0.15, 0.2) is 0 Å². The largest absolute Gasteiger partial charge is 0.478 e. The molecular weight excluding hydrogens is 250 g/mol. The fourth-order valence-electron chi connectivity index (χ4n) is 2.20. The van der Waals surface area contributed by atoms with Crippen molar-refractivity contribution in [3.05, 3.63) is 35.4 Å². The molecule has 1 rings (SSSR count). The lowest BCUT2D eigenvalue weighted by molar-refractivity contribution is 0.0696. The minimum absolute atomic E-state index is 0.359. The molecule has 0 saturated heterocycles. The third-order valence-corrected chi connectivity index (χ3v) is 3.39. The molecule has 0 amide bonds. The second-order valence-corrected chi connectivity index (χ2v) is 5.78. The fourth-order valence-corrected chi connectivity index (χ4v) is 2.20. The van der Waals surface area contributed by atoms with E-state index in [1.807, 2.05) is 6.07 Å². The molecule has 0 fully saturated rings. The number of nitrogens with one attached hydrogen (secondary N) is 1. The summed E-state index contributed by atoms with van der Waals surface area (Å²) in [5, 5.41) is 12.3. The second-order valence-electron chi connectivity index (χ2n) is 5.78. The van der Waals surface area contributed by atoms with Crippen LogP contribution in [-0.4, -0.2) is 17.6 Å². The van der Waals surface area contributed by atoms with Crippen LogP contribution < -0.4 is 5.32 Å². The highest BCUT2D eigenvalue weighted by Gasteiger charge is 2.02. The Morgan fingerprint density at radius 2 is 1.95 bits per heavy atom. The molecule has 1 aromatic carbocycles. The minimum Gasteiger partial charge on any atom is -0.478 e. The summed E-state index contributed by atoms with van der Waals surface area (Å²) in [5.74, 6) is -0.0494. The monoisotopic (exact) mass is 277 g/mol. The second kappa shape index (κ2) is 9.54. The molecule has 2 N–H and O–H groups in total. The lowest BCUT2D eigenvalue weighted by Crippen LogP contribution is -2.15. The first-order chi connectivity index (χ1) is 9.59. The van der Waals surface area contributed by atoms with Crippen LogP contribution in [0.3, 0.4) is 0 Å². The Hall–Kier alpha value is -1.35. The smallest absolute Gasteiger partial charge is 0.335 e. The first-order valence-electron chi connectivity index (χ1n) is 7.62. The molecule has 0 radical (unpaired) electrons. The average molecular weight is 277 g/mol. The van der Waals surface area contributed by atoms with Gasteiger partial charge in [0.2, 0.25) is 0 Å². The Balaban J connectivity index is 2.09. The molecule has 3 heteroatoms. The van der Waals surface area contributed by atoms with Gasteiger partial charge >= 0.3 is 5.97 Å². The number of aromatic carboxylic acids is 1. The van der Waals surface area contributed by atoms with E-state index >= 15 is 0 Å². The summed E-state index contributed by atoms with van der Waals surface area (Å²) in [4.78, 5) is 10.9. The Bertz CT molecular complexity index is 402. The highest BCUT2D eigenvalue weighted by atomic mass is 16.4. The zero-order valence-corrected chi connectivity index (χ0v) is 12.7. The van der Waals surface area contributed by atoms with Gasteiger partial charge in [-0.1, -0.05) is 51.7 Å². The molecular formula is C17H27NO2. The van der Waals surface area contributed by atoms with Crippen molar-refractivity contribution in [3.63, 3.8) is 0 Å². The first kappa shape index (κ1) is 16.7. The molecule has 0 heterocycles. The Morgan fingerprint density at radius 3 is 2.65 bits per heavy atom. The number of unbranched alkanes of at least 4 members (excludes halogenated alkanes) is 3. The molecule has 0 aliphatic carbocycles. The van der Waals surface area contributed by atoms with Crippen molar-refractivity contribution in [1.29, 1.82) is 0 Å². The van der Waals surface area contributed by atoms with Crippen molar-refractivity contribution >= 4 is 5.97 Å². The number of rotatable bonds is 10. The molecule has 0 aliphatic heterocycles. The number of benzene rings is 1. The Morgan fingerprint density at radius 1 is 1.20 bits per heavy atom. The lowest BCUT2D eigenvalue weighted by Gasteiger charge is -2.07. The Labute approximate surface area is 122 Å². The third-order valence-electron chi connectivity index (χ3n) is 3.39. The van der Waals surface area contributed by atoms with Crippen LogP contribution in [-0.2, 0) is 6.54 Å². The van der Waals surface area contributed by atoms with Crippen LogP contribution in [0, 0.1) is 5.92 Å². The quantitative estimate of drug-likeness (QED) is 0.633.